The number of nitrogens with one attached hydrogen (secondary N) is 1. The van der Waals surface area contributed by atoms with E-state index in [-0.39, 0.29) is 17.6 Å². The van der Waals surface area contributed by atoms with Crippen molar-refractivity contribution in [3.05, 3.63) is 57.6 Å². The van der Waals surface area contributed by atoms with Gasteiger partial charge in [0.1, 0.15) is 5.82 Å². The number of amides is 1. The molecule has 1 amide bonds. The number of hydrogen-bond donors (Lipinski definition) is 1. The minimum Gasteiger partial charge on any atom is -0.408 e. The highest BCUT2D eigenvalue weighted by molar-refractivity contribution is 9.10. The van der Waals surface area contributed by atoms with Crippen molar-refractivity contribution in [1.82, 2.24) is 14.5 Å². The Hall–Kier alpha value is -2.45. The number of para-hydroxylation sites is 2. The number of piperidine rings is 1. The Morgan fingerprint density at radius 3 is 2.96 bits per heavy atom. The van der Waals surface area contributed by atoms with Gasteiger partial charge in [0.15, 0.2) is 5.58 Å². The fourth-order valence-electron chi connectivity index (χ4n) is 3.42. The fraction of sp³-hybridized carbons (Fsp3) is 0.316. The van der Waals surface area contributed by atoms with Gasteiger partial charge in [0.05, 0.1) is 18.1 Å². The van der Waals surface area contributed by atoms with Crippen molar-refractivity contribution in [2.75, 3.05) is 18.4 Å². The SMILES string of the molecule is O=C(Nc1ccc(Br)cn1)[C@@H]1CCCN(Cn2c(=O)oc3ccccc32)C1. The van der Waals surface area contributed by atoms with Crippen LogP contribution in [0, 0.1) is 5.92 Å². The summed E-state index contributed by atoms with van der Waals surface area (Å²) < 4.78 is 7.77. The summed E-state index contributed by atoms with van der Waals surface area (Å²) >= 11 is 3.33. The Bertz CT molecular complexity index is 1010. The number of benzene rings is 1. The third-order valence-corrected chi connectivity index (χ3v) is 5.24. The Labute approximate surface area is 164 Å². The van der Waals surface area contributed by atoms with E-state index in [9.17, 15) is 9.59 Å². The van der Waals surface area contributed by atoms with Crippen LogP contribution >= 0.6 is 15.9 Å². The number of anilines is 1. The van der Waals surface area contributed by atoms with Gasteiger partial charge in [-0.3, -0.25) is 14.3 Å². The van der Waals surface area contributed by atoms with Crippen molar-refractivity contribution in [3.63, 3.8) is 0 Å². The molecule has 0 radical (unpaired) electrons. The standard InChI is InChI=1S/C19H19BrN4O3/c20-14-7-8-17(21-10-14)22-18(25)13-4-3-9-23(11-13)12-24-15-5-1-2-6-16(15)27-19(24)26/h1-2,5-8,10,13H,3-4,9,11-12H2,(H,21,22,25)/t13-/m1/s1. The van der Waals surface area contributed by atoms with Crippen LogP contribution < -0.4 is 11.1 Å². The summed E-state index contributed by atoms with van der Waals surface area (Å²) in [5, 5.41) is 2.87. The van der Waals surface area contributed by atoms with Crippen molar-refractivity contribution >= 4 is 38.8 Å². The molecule has 4 rings (SSSR count). The lowest BCUT2D eigenvalue weighted by Gasteiger charge is -2.31. The summed E-state index contributed by atoms with van der Waals surface area (Å²) in [4.78, 5) is 31.1. The molecule has 1 N–H and O–H groups in total. The van der Waals surface area contributed by atoms with Gasteiger partial charge in [-0.15, -0.1) is 0 Å². The maximum atomic E-state index is 12.6. The summed E-state index contributed by atoms with van der Waals surface area (Å²) in [6.07, 6.45) is 3.37. The molecule has 0 bridgehead atoms. The number of pyridine rings is 1. The van der Waals surface area contributed by atoms with Crippen LogP contribution in [0.2, 0.25) is 0 Å². The van der Waals surface area contributed by atoms with Gasteiger partial charge in [0.25, 0.3) is 0 Å². The average molecular weight is 431 g/mol. The van der Waals surface area contributed by atoms with Crippen molar-refractivity contribution in [3.8, 4) is 0 Å². The summed E-state index contributed by atoms with van der Waals surface area (Å²) in [5.74, 6) is -0.0174. The maximum absolute atomic E-state index is 12.6. The molecule has 1 atom stereocenters. The summed E-state index contributed by atoms with van der Waals surface area (Å²) in [6.45, 7) is 1.84. The first-order chi connectivity index (χ1) is 13.1. The molecule has 0 aliphatic carbocycles. The van der Waals surface area contributed by atoms with Crippen LogP contribution in [-0.4, -0.2) is 33.4 Å². The molecule has 1 fully saturated rings. The number of oxazole rings is 1. The van der Waals surface area contributed by atoms with E-state index >= 15 is 0 Å². The second-order valence-corrected chi connectivity index (χ2v) is 7.59. The normalized spacial score (nSPS) is 17.9. The number of carbonyl (C=O) groups is 1. The largest absolute Gasteiger partial charge is 0.421 e. The fourth-order valence-corrected chi connectivity index (χ4v) is 3.66. The van der Waals surface area contributed by atoms with Gasteiger partial charge in [0.2, 0.25) is 5.91 Å². The number of halogens is 1. The van der Waals surface area contributed by atoms with Crippen LogP contribution in [0.3, 0.4) is 0 Å². The van der Waals surface area contributed by atoms with Crippen LogP contribution in [0.5, 0.6) is 0 Å². The minimum absolute atomic E-state index is 0.0427. The molecule has 1 aliphatic heterocycles. The molecule has 3 aromatic rings. The maximum Gasteiger partial charge on any atom is 0.421 e. The monoisotopic (exact) mass is 430 g/mol. The summed E-state index contributed by atoms with van der Waals surface area (Å²) in [5.41, 5.74) is 1.35. The number of rotatable bonds is 4. The molecule has 1 aliphatic rings. The molecule has 0 saturated carbocycles. The Morgan fingerprint density at radius 2 is 2.15 bits per heavy atom. The van der Waals surface area contributed by atoms with Crippen molar-refractivity contribution < 1.29 is 9.21 Å². The molecule has 0 spiro atoms. The lowest BCUT2D eigenvalue weighted by Crippen LogP contribution is -2.42. The Balaban J connectivity index is 1.44. The van der Waals surface area contributed by atoms with E-state index in [0.29, 0.717) is 24.6 Å². The molecular weight excluding hydrogens is 412 g/mol. The summed E-state index contributed by atoms with van der Waals surface area (Å²) in [7, 11) is 0. The van der Waals surface area contributed by atoms with Crippen LogP contribution in [0.15, 0.2) is 56.3 Å². The quantitative estimate of drug-likeness (QED) is 0.687. The lowest BCUT2D eigenvalue weighted by molar-refractivity contribution is -0.121. The van der Waals surface area contributed by atoms with Crippen LogP contribution in [0.4, 0.5) is 5.82 Å². The molecule has 2 aromatic heterocycles. The van der Waals surface area contributed by atoms with Gasteiger partial charge in [-0.05, 0) is 59.6 Å². The predicted molar refractivity (Wildman–Crippen MR) is 105 cm³/mol. The number of nitrogens with zero attached hydrogens (tertiary/aromatic N) is 3. The number of likely N-dealkylation sites (tertiary alicyclic amines) is 1. The molecule has 0 unspecified atom stereocenters. The summed E-state index contributed by atoms with van der Waals surface area (Å²) in [6, 6.07) is 11.0. The zero-order chi connectivity index (χ0) is 18.8. The van der Waals surface area contributed by atoms with Crippen LogP contribution in [0.1, 0.15) is 12.8 Å². The van der Waals surface area contributed by atoms with Crippen molar-refractivity contribution in [2.45, 2.75) is 19.5 Å². The lowest BCUT2D eigenvalue weighted by atomic mass is 9.97. The topological polar surface area (TPSA) is 80.4 Å². The van der Waals surface area contributed by atoms with E-state index in [1.165, 1.54) is 0 Å². The molecule has 3 heterocycles. The first-order valence-corrected chi connectivity index (χ1v) is 9.62. The van der Waals surface area contributed by atoms with Gasteiger partial charge in [-0.1, -0.05) is 12.1 Å². The van der Waals surface area contributed by atoms with Crippen molar-refractivity contribution in [1.29, 1.82) is 0 Å². The molecule has 1 saturated heterocycles. The van der Waals surface area contributed by atoms with E-state index < -0.39 is 0 Å². The first kappa shape index (κ1) is 17.9. The Morgan fingerprint density at radius 1 is 1.30 bits per heavy atom. The minimum atomic E-state index is -0.373. The van der Waals surface area contributed by atoms with Gasteiger partial charge in [-0.2, -0.15) is 0 Å². The average Bonchev–Trinajstić information content (AvgIpc) is 2.99. The van der Waals surface area contributed by atoms with Crippen LogP contribution in [0.25, 0.3) is 11.1 Å². The number of carbonyl (C=O) groups excluding carboxylic acids is 1. The van der Waals surface area contributed by atoms with E-state index in [1.54, 1.807) is 22.9 Å². The first-order valence-electron chi connectivity index (χ1n) is 8.83. The van der Waals surface area contributed by atoms with Gasteiger partial charge in [0, 0.05) is 17.2 Å². The molecule has 140 valence electrons. The Kier molecular flexibility index (Phi) is 5.09. The zero-order valence-corrected chi connectivity index (χ0v) is 16.2. The third kappa shape index (κ3) is 3.96. The highest BCUT2D eigenvalue weighted by Gasteiger charge is 2.27. The second kappa shape index (κ2) is 7.66. The van der Waals surface area contributed by atoms with Crippen molar-refractivity contribution in [2.24, 2.45) is 5.92 Å². The highest BCUT2D eigenvalue weighted by atomic mass is 79.9. The van der Waals surface area contributed by atoms with Crippen LogP contribution in [-0.2, 0) is 11.5 Å². The molecule has 27 heavy (non-hydrogen) atoms. The van der Waals surface area contributed by atoms with E-state index in [2.05, 4.69) is 31.1 Å². The predicted octanol–water partition coefficient (Wildman–Crippen LogP) is 3.06. The molecular formula is C19H19BrN4O3. The zero-order valence-electron chi connectivity index (χ0n) is 14.6. The highest BCUT2D eigenvalue weighted by Crippen LogP contribution is 2.20. The number of fused-ring (bicyclic) bond motifs is 1. The smallest absolute Gasteiger partial charge is 0.408 e. The number of aromatic nitrogens is 2. The van der Waals surface area contributed by atoms with Gasteiger partial charge < -0.3 is 9.73 Å². The van der Waals surface area contributed by atoms with E-state index in [4.69, 9.17) is 4.42 Å². The molecule has 8 heteroatoms. The van der Waals surface area contributed by atoms with Gasteiger partial charge >= 0.3 is 5.76 Å². The van der Waals surface area contributed by atoms with E-state index in [0.717, 1.165) is 29.4 Å². The van der Waals surface area contributed by atoms with E-state index in [1.807, 2.05) is 24.3 Å². The third-order valence-electron chi connectivity index (χ3n) is 4.77. The molecule has 7 nitrogen and oxygen atoms in total. The molecule has 1 aromatic carbocycles. The second-order valence-electron chi connectivity index (χ2n) is 6.67. The number of hydrogen-bond acceptors (Lipinski definition) is 5. The van der Waals surface area contributed by atoms with Gasteiger partial charge in [-0.25, -0.2) is 9.78 Å².